The van der Waals surface area contributed by atoms with Gasteiger partial charge in [-0.15, -0.1) is 24.0 Å². The number of rotatable bonds is 5. The van der Waals surface area contributed by atoms with Crippen LogP contribution in [0.5, 0.6) is 5.75 Å². The second-order valence-electron chi connectivity index (χ2n) is 6.55. The molecule has 1 fully saturated rings. The zero-order valence-electron chi connectivity index (χ0n) is 14.4. The Labute approximate surface area is 162 Å². The third-order valence-electron chi connectivity index (χ3n) is 4.71. The molecule has 3 rings (SSSR count). The number of aliphatic imine (C=N–C) groups is 1. The molecule has 3 N–H and O–H groups in total. The van der Waals surface area contributed by atoms with Crippen LogP contribution in [0.3, 0.4) is 0 Å². The maximum Gasteiger partial charge on any atom is 0.189 e. The summed E-state index contributed by atoms with van der Waals surface area (Å²) >= 11 is 0. The van der Waals surface area contributed by atoms with E-state index in [-0.39, 0.29) is 30.0 Å². The fourth-order valence-electron chi connectivity index (χ4n) is 3.52. The Morgan fingerprint density at radius 3 is 3.04 bits per heavy atom. The van der Waals surface area contributed by atoms with Gasteiger partial charge in [-0.2, -0.15) is 0 Å². The molecule has 2 heterocycles. The summed E-state index contributed by atoms with van der Waals surface area (Å²) in [4.78, 5) is 7.11. The number of fused-ring (bicyclic) bond motifs is 1. The second kappa shape index (κ2) is 9.46. The fraction of sp³-hybridized carbons (Fsp3) is 0.611. The summed E-state index contributed by atoms with van der Waals surface area (Å²) in [6.45, 7) is 7.34. The number of ether oxygens (including phenoxy) is 1. The number of hydrogen-bond acceptors (Lipinski definition) is 3. The zero-order chi connectivity index (χ0) is 16.1. The molecule has 134 valence electrons. The van der Waals surface area contributed by atoms with Crippen LogP contribution in [-0.2, 0) is 0 Å². The van der Waals surface area contributed by atoms with Gasteiger partial charge in [-0.25, -0.2) is 0 Å². The summed E-state index contributed by atoms with van der Waals surface area (Å²) in [5.41, 5.74) is 7.29. The molecule has 2 atom stereocenters. The molecular weight excluding hydrogens is 415 g/mol. The first-order valence-electron chi connectivity index (χ1n) is 8.76. The first-order valence-corrected chi connectivity index (χ1v) is 8.76. The van der Waals surface area contributed by atoms with Crippen LogP contribution in [0.1, 0.15) is 37.8 Å². The molecule has 0 spiro atoms. The van der Waals surface area contributed by atoms with E-state index in [4.69, 9.17) is 10.5 Å². The van der Waals surface area contributed by atoms with Crippen LogP contribution >= 0.6 is 24.0 Å². The first-order chi connectivity index (χ1) is 11.3. The molecule has 1 saturated heterocycles. The molecular formula is C18H29IN4O. The van der Waals surface area contributed by atoms with Gasteiger partial charge in [0.15, 0.2) is 5.96 Å². The molecule has 0 amide bonds. The molecule has 5 nitrogen and oxygen atoms in total. The van der Waals surface area contributed by atoms with Crippen molar-refractivity contribution in [3.8, 4) is 5.75 Å². The molecule has 0 bridgehead atoms. The summed E-state index contributed by atoms with van der Waals surface area (Å²) in [5.74, 6) is 2.15. The summed E-state index contributed by atoms with van der Waals surface area (Å²) in [6.07, 6.45) is 3.38. The van der Waals surface area contributed by atoms with E-state index in [1.54, 1.807) is 0 Å². The Hall–Kier alpha value is -1.02. The highest BCUT2D eigenvalue weighted by molar-refractivity contribution is 14.0. The van der Waals surface area contributed by atoms with Crippen molar-refractivity contribution in [2.75, 3.05) is 32.8 Å². The van der Waals surface area contributed by atoms with Gasteiger partial charge in [0.05, 0.1) is 12.6 Å². The van der Waals surface area contributed by atoms with Gasteiger partial charge in [-0.05, 0) is 37.9 Å². The van der Waals surface area contributed by atoms with Gasteiger partial charge in [0.25, 0.3) is 0 Å². The average Bonchev–Trinajstić information content (AvgIpc) is 3.01. The molecule has 0 radical (unpaired) electrons. The van der Waals surface area contributed by atoms with Gasteiger partial charge in [0.2, 0.25) is 0 Å². The molecule has 1 aromatic carbocycles. The Balaban J connectivity index is 0.00000208. The van der Waals surface area contributed by atoms with Crippen molar-refractivity contribution in [2.45, 2.75) is 32.2 Å². The Bertz CT molecular complexity index is 552. The molecule has 0 saturated carbocycles. The van der Waals surface area contributed by atoms with Crippen LogP contribution in [0.4, 0.5) is 0 Å². The van der Waals surface area contributed by atoms with Crippen molar-refractivity contribution < 1.29 is 4.74 Å². The van der Waals surface area contributed by atoms with Crippen LogP contribution in [-0.4, -0.2) is 43.6 Å². The summed E-state index contributed by atoms with van der Waals surface area (Å²) in [7, 11) is 0. The lowest BCUT2D eigenvalue weighted by atomic mass is 10.0. The molecule has 0 aliphatic carbocycles. The van der Waals surface area contributed by atoms with Crippen molar-refractivity contribution in [1.82, 2.24) is 10.2 Å². The number of para-hydroxylation sites is 1. The molecule has 2 aliphatic heterocycles. The number of likely N-dealkylation sites (tertiary alicyclic amines) is 1. The Morgan fingerprint density at radius 1 is 1.38 bits per heavy atom. The third kappa shape index (κ3) is 4.99. The predicted molar refractivity (Wildman–Crippen MR) is 109 cm³/mol. The van der Waals surface area contributed by atoms with E-state index in [2.05, 4.69) is 28.2 Å². The first kappa shape index (κ1) is 19.3. The van der Waals surface area contributed by atoms with Gasteiger partial charge in [0.1, 0.15) is 5.75 Å². The van der Waals surface area contributed by atoms with Crippen LogP contribution in [0.25, 0.3) is 0 Å². The highest BCUT2D eigenvalue weighted by Gasteiger charge is 2.23. The van der Waals surface area contributed by atoms with Crippen molar-refractivity contribution >= 4 is 29.9 Å². The maximum absolute atomic E-state index is 6.12. The highest BCUT2D eigenvalue weighted by atomic mass is 127. The lowest BCUT2D eigenvalue weighted by molar-refractivity contribution is 0.262. The van der Waals surface area contributed by atoms with Gasteiger partial charge >= 0.3 is 0 Å². The van der Waals surface area contributed by atoms with E-state index < -0.39 is 0 Å². The third-order valence-corrected chi connectivity index (χ3v) is 4.71. The number of guanidine groups is 1. The second-order valence-corrected chi connectivity index (χ2v) is 6.55. The predicted octanol–water partition coefficient (Wildman–Crippen LogP) is 2.76. The van der Waals surface area contributed by atoms with Crippen LogP contribution in [0, 0.1) is 5.92 Å². The van der Waals surface area contributed by atoms with Crippen molar-refractivity contribution in [3.05, 3.63) is 29.8 Å². The van der Waals surface area contributed by atoms with E-state index in [1.165, 1.54) is 31.5 Å². The number of nitrogens with one attached hydrogen (secondary N) is 1. The summed E-state index contributed by atoms with van der Waals surface area (Å²) in [6, 6.07) is 8.34. The van der Waals surface area contributed by atoms with Gasteiger partial charge in [-0.3, -0.25) is 4.99 Å². The van der Waals surface area contributed by atoms with E-state index >= 15 is 0 Å². The number of hydrogen-bond donors (Lipinski definition) is 2. The molecule has 2 unspecified atom stereocenters. The van der Waals surface area contributed by atoms with Crippen molar-refractivity contribution in [2.24, 2.45) is 16.6 Å². The lowest BCUT2D eigenvalue weighted by Gasteiger charge is -2.27. The smallest absolute Gasteiger partial charge is 0.189 e. The van der Waals surface area contributed by atoms with E-state index in [1.807, 2.05) is 18.2 Å². The molecule has 0 aromatic heterocycles. The minimum absolute atomic E-state index is 0. The minimum atomic E-state index is 0. The van der Waals surface area contributed by atoms with Crippen LogP contribution < -0.4 is 15.8 Å². The van der Waals surface area contributed by atoms with E-state index in [0.717, 1.165) is 31.9 Å². The summed E-state index contributed by atoms with van der Waals surface area (Å²) in [5, 5.41) is 3.37. The number of benzene rings is 1. The van der Waals surface area contributed by atoms with Gasteiger partial charge in [-0.1, -0.05) is 25.1 Å². The maximum atomic E-state index is 6.12. The van der Waals surface area contributed by atoms with E-state index in [9.17, 15) is 0 Å². The lowest BCUT2D eigenvalue weighted by Crippen LogP contribution is -2.37. The van der Waals surface area contributed by atoms with Gasteiger partial charge in [0, 0.05) is 25.1 Å². The van der Waals surface area contributed by atoms with E-state index in [0.29, 0.717) is 11.9 Å². The minimum Gasteiger partial charge on any atom is -0.493 e. The average molecular weight is 444 g/mol. The quantitative estimate of drug-likeness (QED) is 0.417. The van der Waals surface area contributed by atoms with Crippen molar-refractivity contribution in [3.63, 3.8) is 0 Å². The normalized spacial score (nSPS) is 24.0. The topological polar surface area (TPSA) is 62.9 Å². The zero-order valence-corrected chi connectivity index (χ0v) is 16.7. The largest absolute Gasteiger partial charge is 0.493 e. The number of nitrogens with zero attached hydrogens (tertiary/aromatic N) is 2. The standard InChI is InChI=1S/C18H28N4O.HI/c1-2-9-22-10-7-14(13-22)12-20-18(19)21-16-8-11-23-17-6-4-3-5-15(16)17;/h3-6,14,16H,2,7-13H2,1H3,(H3,19,20,21);1H. The molecule has 2 aliphatic rings. The molecule has 6 heteroatoms. The van der Waals surface area contributed by atoms with Crippen LogP contribution in [0.2, 0.25) is 0 Å². The Kier molecular flexibility index (Phi) is 7.61. The van der Waals surface area contributed by atoms with Crippen LogP contribution in [0.15, 0.2) is 29.3 Å². The SMILES string of the molecule is CCCN1CCC(CN=C(N)NC2CCOc3ccccc32)C1.I. The highest BCUT2D eigenvalue weighted by Crippen LogP contribution is 2.31. The fourth-order valence-corrected chi connectivity index (χ4v) is 3.52. The molecule has 1 aromatic rings. The Morgan fingerprint density at radius 2 is 2.21 bits per heavy atom. The molecule has 24 heavy (non-hydrogen) atoms. The monoisotopic (exact) mass is 444 g/mol. The number of nitrogens with two attached hydrogens (primary N) is 1. The van der Waals surface area contributed by atoms with Crippen molar-refractivity contribution in [1.29, 1.82) is 0 Å². The number of halogens is 1. The van der Waals surface area contributed by atoms with Gasteiger partial charge < -0.3 is 20.7 Å². The summed E-state index contributed by atoms with van der Waals surface area (Å²) < 4.78 is 5.69.